The fourth-order valence-electron chi connectivity index (χ4n) is 2.47. The number of amides is 2. The van der Waals surface area contributed by atoms with Crippen molar-refractivity contribution in [3.05, 3.63) is 65.2 Å². The quantitative estimate of drug-likeness (QED) is 0.814. The van der Waals surface area contributed by atoms with Crippen molar-refractivity contribution < 1.29 is 18.7 Å². The number of thioether (sulfide) groups is 1. The van der Waals surface area contributed by atoms with Gasteiger partial charge in [-0.2, -0.15) is 0 Å². The third-order valence-corrected chi connectivity index (χ3v) is 4.53. The van der Waals surface area contributed by atoms with E-state index in [-0.39, 0.29) is 17.9 Å². The number of rotatable bonds is 6. The highest BCUT2D eigenvalue weighted by atomic mass is 32.2. The molecule has 2 amide bonds. The molecule has 0 radical (unpaired) electrons. The first-order valence-corrected chi connectivity index (χ1v) is 9.36. The van der Waals surface area contributed by atoms with Gasteiger partial charge in [0.2, 0.25) is 0 Å². The molecule has 0 bridgehead atoms. The zero-order chi connectivity index (χ0) is 18.4. The van der Waals surface area contributed by atoms with Crippen molar-refractivity contribution in [3.8, 4) is 0 Å². The Hall–Kier alpha value is -2.67. The Labute approximate surface area is 156 Å². The second-order valence-electron chi connectivity index (χ2n) is 5.89. The van der Waals surface area contributed by atoms with E-state index in [1.807, 2.05) is 19.1 Å². The predicted molar refractivity (Wildman–Crippen MR) is 101 cm³/mol. The van der Waals surface area contributed by atoms with E-state index >= 15 is 0 Å². The molecule has 0 aliphatic carbocycles. The number of benzene rings is 1. The van der Waals surface area contributed by atoms with Crippen LogP contribution in [0.15, 0.2) is 58.2 Å². The van der Waals surface area contributed by atoms with Gasteiger partial charge in [0.25, 0.3) is 11.8 Å². The summed E-state index contributed by atoms with van der Waals surface area (Å²) in [4.78, 5) is 24.4. The highest BCUT2D eigenvalue weighted by Crippen LogP contribution is 2.17. The Morgan fingerprint density at radius 3 is 2.65 bits per heavy atom. The summed E-state index contributed by atoms with van der Waals surface area (Å²) in [5, 5.41) is 7.40. The number of hydrogen-bond acceptors (Lipinski definition) is 5. The van der Waals surface area contributed by atoms with Gasteiger partial charge in [0.1, 0.15) is 5.76 Å². The number of anilines is 1. The fourth-order valence-corrected chi connectivity index (χ4v) is 3.10. The summed E-state index contributed by atoms with van der Waals surface area (Å²) < 4.78 is 10.6. The van der Waals surface area contributed by atoms with E-state index in [0.717, 1.165) is 11.5 Å². The second-order valence-corrected chi connectivity index (χ2v) is 6.87. The van der Waals surface area contributed by atoms with Gasteiger partial charge in [-0.3, -0.25) is 9.59 Å². The van der Waals surface area contributed by atoms with E-state index in [0.29, 0.717) is 30.0 Å². The SMILES string of the molecule is C[C@@H](Cc1ccco1)NC(=O)c1ccc(NC(=O)C2=CSCCO2)cc1. The standard InChI is InChI=1S/C19H20N2O4S/c1-13(11-16-3-2-8-24-16)20-18(22)14-4-6-15(7-5-14)21-19(23)17-12-26-10-9-25-17/h2-8,12-13H,9-11H2,1H3,(H,20,22)(H,21,23)/t13-/m0/s1. The average molecular weight is 372 g/mol. The molecule has 0 spiro atoms. The Bertz CT molecular complexity index is 784. The lowest BCUT2D eigenvalue weighted by molar-refractivity contribution is -0.116. The topological polar surface area (TPSA) is 80.6 Å². The van der Waals surface area contributed by atoms with Gasteiger partial charge in [0.05, 0.1) is 12.9 Å². The van der Waals surface area contributed by atoms with E-state index in [9.17, 15) is 9.59 Å². The van der Waals surface area contributed by atoms with Crippen molar-refractivity contribution in [3.63, 3.8) is 0 Å². The van der Waals surface area contributed by atoms with E-state index < -0.39 is 0 Å². The molecule has 2 heterocycles. The first kappa shape index (κ1) is 18.1. The molecule has 2 N–H and O–H groups in total. The van der Waals surface area contributed by atoms with Gasteiger partial charge < -0.3 is 19.8 Å². The molecule has 26 heavy (non-hydrogen) atoms. The van der Waals surface area contributed by atoms with Crippen molar-refractivity contribution in [2.75, 3.05) is 17.7 Å². The van der Waals surface area contributed by atoms with Crippen molar-refractivity contribution in [1.82, 2.24) is 5.32 Å². The van der Waals surface area contributed by atoms with Crippen molar-refractivity contribution in [2.24, 2.45) is 0 Å². The van der Waals surface area contributed by atoms with E-state index in [4.69, 9.17) is 9.15 Å². The zero-order valence-corrected chi connectivity index (χ0v) is 15.2. The van der Waals surface area contributed by atoms with Crippen LogP contribution in [0.25, 0.3) is 0 Å². The summed E-state index contributed by atoms with van der Waals surface area (Å²) in [5.41, 5.74) is 1.13. The maximum absolute atomic E-state index is 12.3. The molecule has 7 heteroatoms. The van der Waals surface area contributed by atoms with Crippen LogP contribution in [0.5, 0.6) is 0 Å². The predicted octanol–water partition coefficient (Wildman–Crippen LogP) is 3.18. The smallest absolute Gasteiger partial charge is 0.291 e. The molecule has 2 aromatic rings. The third-order valence-electron chi connectivity index (χ3n) is 3.74. The highest BCUT2D eigenvalue weighted by molar-refractivity contribution is 8.02. The van der Waals surface area contributed by atoms with Gasteiger partial charge in [-0.25, -0.2) is 0 Å². The summed E-state index contributed by atoms with van der Waals surface area (Å²) in [6, 6.07) is 10.4. The minimum absolute atomic E-state index is 0.0547. The van der Waals surface area contributed by atoms with E-state index in [1.165, 1.54) is 0 Å². The molecule has 1 atom stereocenters. The molecule has 1 aliphatic rings. The Balaban J connectivity index is 1.54. The molecule has 6 nitrogen and oxygen atoms in total. The maximum atomic E-state index is 12.3. The van der Waals surface area contributed by atoms with Gasteiger partial charge in [0.15, 0.2) is 5.76 Å². The molecule has 136 valence electrons. The van der Waals surface area contributed by atoms with Crippen LogP contribution >= 0.6 is 11.8 Å². The maximum Gasteiger partial charge on any atom is 0.291 e. The number of furan rings is 1. The Morgan fingerprint density at radius 2 is 2.00 bits per heavy atom. The lowest BCUT2D eigenvalue weighted by Crippen LogP contribution is -2.33. The van der Waals surface area contributed by atoms with Crippen LogP contribution in [-0.2, 0) is 16.0 Å². The fraction of sp³-hybridized carbons (Fsp3) is 0.263. The largest absolute Gasteiger partial charge is 0.487 e. The van der Waals surface area contributed by atoms with Crippen LogP contribution in [0.3, 0.4) is 0 Å². The molecule has 0 fully saturated rings. The minimum atomic E-state index is -0.290. The van der Waals surface area contributed by atoms with Crippen LogP contribution in [0.1, 0.15) is 23.0 Å². The Morgan fingerprint density at radius 1 is 1.19 bits per heavy atom. The zero-order valence-electron chi connectivity index (χ0n) is 14.4. The van der Waals surface area contributed by atoms with Crippen LogP contribution < -0.4 is 10.6 Å². The van der Waals surface area contributed by atoms with Gasteiger partial charge in [-0.15, -0.1) is 11.8 Å². The molecule has 0 unspecified atom stereocenters. The monoisotopic (exact) mass is 372 g/mol. The van der Waals surface area contributed by atoms with Gasteiger partial charge in [-0.1, -0.05) is 0 Å². The highest BCUT2D eigenvalue weighted by Gasteiger charge is 2.15. The lowest BCUT2D eigenvalue weighted by Gasteiger charge is -2.15. The molecule has 1 aromatic heterocycles. The molecule has 3 rings (SSSR count). The molecule has 1 aliphatic heterocycles. The molecule has 0 saturated heterocycles. The van der Waals surface area contributed by atoms with Gasteiger partial charge >= 0.3 is 0 Å². The average Bonchev–Trinajstić information content (AvgIpc) is 3.15. The molecule has 0 saturated carbocycles. The van der Waals surface area contributed by atoms with Gasteiger partial charge in [-0.05, 0) is 43.3 Å². The first-order valence-electron chi connectivity index (χ1n) is 8.31. The van der Waals surface area contributed by atoms with Crippen LogP contribution in [0.4, 0.5) is 5.69 Å². The first-order chi connectivity index (χ1) is 12.6. The van der Waals surface area contributed by atoms with E-state index in [2.05, 4.69) is 10.6 Å². The Kier molecular flexibility index (Phi) is 6.01. The van der Waals surface area contributed by atoms with Crippen molar-refractivity contribution in [2.45, 2.75) is 19.4 Å². The number of carbonyl (C=O) groups is 2. The van der Waals surface area contributed by atoms with Crippen molar-refractivity contribution >= 4 is 29.3 Å². The molecular formula is C19H20N2O4S. The number of nitrogens with one attached hydrogen (secondary N) is 2. The number of ether oxygens (including phenoxy) is 1. The minimum Gasteiger partial charge on any atom is -0.487 e. The summed E-state index contributed by atoms with van der Waals surface area (Å²) in [6.45, 7) is 2.45. The third kappa shape index (κ3) is 4.92. The lowest BCUT2D eigenvalue weighted by atomic mass is 10.1. The second kappa shape index (κ2) is 8.62. The number of carbonyl (C=O) groups excluding carboxylic acids is 2. The van der Waals surface area contributed by atoms with Gasteiger partial charge in [0, 0.05) is 34.9 Å². The normalized spacial score (nSPS) is 14.7. The summed E-state index contributed by atoms with van der Waals surface area (Å²) in [5.74, 6) is 1.53. The van der Waals surface area contributed by atoms with Crippen LogP contribution in [0.2, 0.25) is 0 Å². The summed E-state index contributed by atoms with van der Waals surface area (Å²) in [7, 11) is 0. The summed E-state index contributed by atoms with van der Waals surface area (Å²) in [6.07, 6.45) is 2.24. The van der Waals surface area contributed by atoms with Crippen molar-refractivity contribution in [1.29, 1.82) is 0 Å². The van der Waals surface area contributed by atoms with Crippen LogP contribution in [0, 0.1) is 0 Å². The number of hydrogen-bond donors (Lipinski definition) is 2. The van der Waals surface area contributed by atoms with Crippen LogP contribution in [-0.4, -0.2) is 30.2 Å². The van der Waals surface area contributed by atoms with E-state index in [1.54, 1.807) is 47.7 Å². The summed E-state index contributed by atoms with van der Waals surface area (Å²) >= 11 is 1.55. The molecule has 1 aromatic carbocycles. The molecular weight excluding hydrogens is 352 g/mol.